The fourth-order valence-corrected chi connectivity index (χ4v) is 4.41. The predicted octanol–water partition coefficient (Wildman–Crippen LogP) is 2.18. The molecule has 1 fully saturated rings. The van der Waals surface area contributed by atoms with Crippen molar-refractivity contribution in [1.29, 1.82) is 0 Å². The van der Waals surface area contributed by atoms with Gasteiger partial charge in [-0.1, -0.05) is 12.1 Å². The van der Waals surface area contributed by atoms with Gasteiger partial charge in [-0.15, -0.1) is 10.2 Å². The number of imide groups is 1. The molecule has 34 heavy (non-hydrogen) atoms. The van der Waals surface area contributed by atoms with Gasteiger partial charge in [0.2, 0.25) is 12.3 Å². The van der Waals surface area contributed by atoms with E-state index in [1.165, 1.54) is 18.4 Å². The minimum Gasteiger partial charge on any atom is -0.497 e. The van der Waals surface area contributed by atoms with Crippen LogP contribution >= 0.6 is 0 Å². The van der Waals surface area contributed by atoms with Crippen LogP contribution in [0.4, 0.5) is 4.79 Å². The molecule has 0 bridgehead atoms. The lowest BCUT2D eigenvalue weighted by Crippen LogP contribution is -2.52. The number of hydrogen-bond acceptors (Lipinski definition) is 8. The van der Waals surface area contributed by atoms with Crippen molar-refractivity contribution in [3.05, 3.63) is 65.7 Å². The third kappa shape index (κ3) is 2.94. The second-order valence-corrected chi connectivity index (χ2v) is 8.11. The summed E-state index contributed by atoms with van der Waals surface area (Å²) in [6.45, 7) is 0.168. The predicted molar refractivity (Wildman–Crippen MR) is 116 cm³/mol. The standard InChI is InChI=1S/C23H17N5O6/c1-32-15-5-4-14-9-28(20(29)16(14)8-15)10-23(21(30)25-22(31)26-23)18-7-12-2-3-13(6-17(12)34-18)19-27-24-11-33-19/h2-8,11H,9-10H2,1H3,(H2,25,26,30,31). The molecule has 4 amide bonds. The fraction of sp³-hybridized carbons (Fsp3) is 0.174. The number of ether oxygens (including phenoxy) is 1. The van der Waals surface area contributed by atoms with Crippen molar-refractivity contribution >= 4 is 28.8 Å². The molecule has 6 rings (SSSR count). The lowest BCUT2D eigenvalue weighted by atomic mass is 9.95. The highest BCUT2D eigenvalue weighted by atomic mass is 16.5. The first-order valence-electron chi connectivity index (χ1n) is 10.4. The molecule has 4 heterocycles. The number of aromatic nitrogens is 2. The lowest BCUT2D eigenvalue weighted by Gasteiger charge is -2.29. The Bertz CT molecular complexity index is 1480. The normalized spacial score (nSPS) is 19.4. The molecule has 11 nitrogen and oxygen atoms in total. The van der Waals surface area contributed by atoms with Gasteiger partial charge in [0.1, 0.15) is 17.1 Å². The summed E-state index contributed by atoms with van der Waals surface area (Å²) >= 11 is 0. The molecule has 1 unspecified atom stereocenters. The number of benzene rings is 2. The molecule has 0 aliphatic carbocycles. The Morgan fingerprint density at radius 3 is 2.76 bits per heavy atom. The molecular formula is C23H17N5O6. The molecule has 2 aliphatic rings. The summed E-state index contributed by atoms with van der Waals surface area (Å²) in [6.07, 6.45) is 1.22. The summed E-state index contributed by atoms with van der Waals surface area (Å²) in [5.41, 5.74) is 0.800. The van der Waals surface area contributed by atoms with Crippen molar-refractivity contribution in [2.24, 2.45) is 0 Å². The smallest absolute Gasteiger partial charge is 0.322 e. The van der Waals surface area contributed by atoms with E-state index >= 15 is 0 Å². The maximum Gasteiger partial charge on any atom is 0.322 e. The largest absolute Gasteiger partial charge is 0.497 e. The summed E-state index contributed by atoms with van der Waals surface area (Å²) < 4.78 is 16.5. The average molecular weight is 459 g/mol. The van der Waals surface area contributed by atoms with E-state index in [1.54, 1.807) is 36.4 Å². The Hall–Kier alpha value is -4.67. The van der Waals surface area contributed by atoms with Gasteiger partial charge in [0.25, 0.3) is 11.8 Å². The van der Waals surface area contributed by atoms with E-state index < -0.39 is 17.5 Å². The van der Waals surface area contributed by atoms with Crippen LogP contribution in [-0.2, 0) is 16.9 Å². The fourth-order valence-electron chi connectivity index (χ4n) is 4.41. The number of carbonyl (C=O) groups is 3. The van der Waals surface area contributed by atoms with E-state index in [1.807, 2.05) is 6.07 Å². The van der Waals surface area contributed by atoms with Gasteiger partial charge in [-0.2, -0.15) is 0 Å². The quantitative estimate of drug-likeness (QED) is 0.433. The number of nitrogens with one attached hydrogen (secondary N) is 2. The summed E-state index contributed by atoms with van der Waals surface area (Å²) in [5.74, 6) is 0.212. The molecule has 2 aromatic carbocycles. The maximum atomic E-state index is 13.1. The Balaban J connectivity index is 1.39. The van der Waals surface area contributed by atoms with E-state index in [4.69, 9.17) is 13.6 Å². The second kappa shape index (κ2) is 7.17. The van der Waals surface area contributed by atoms with Crippen LogP contribution in [0.25, 0.3) is 22.4 Å². The summed E-state index contributed by atoms with van der Waals surface area (Å²) in [6, 6.07) is 11.5. The van der Waals surface area contributed by atoms with Crippen LogP contribution in [0.2, 0.25) is 0 Å². The van der Waals surface area contributed by atoms with Crippen LogP contribution in [0.15, 0.2) is 57.7 Å². The molecule has 1 saturated heterocycles. The molecule has 1 atom stereocenters. The van der Waals surface area contributed by atoms with Crippen molar-refractivity contribution in [3.8, 4) is 17.2 Å². The zero-order valence-corrected chi connectivity index (χ0v) is 17.8. The first kappa shape index (κ1) is 20.0. The summed E-state index contributed by atoms with van der Waals surface area (Å²) in [5, 5.41) is 13.2. The molecule has 4 aromatic rings. The molecule has 0 radical (unpaired) electrons. The Labute approximate surface area is 191 Å². The number of methoxy groups -OCH3 is 1. The van der Waals surface area contributed by atoms with Gasteiger partial charge in [-0.05, 0) is 35.9 Å². The van der Waals surface area contributed by atoms with Gasteiger partial charge in [0, 0.05) is 23.1 Å². The number of hydrogen-bond donors (Lipinski definition) is 2. The number of rotatable bonds is 5. The van der Waals surface area contributed by atoms with Crippen LogP contribution in [0, 0.1) is 0 Å². The van der Waals surface area contributed by atoms with Gasteiger partial charge >= 0.3 is 6.03 Å². The van der Waals surface area contributed by atoms with Gasteiger partial charge in [0.15, 0.2) is 5.54 Å². The third-order valence-electron chi connectivity index (χ3n) is 6.11. The number of furan rings is 1. The highest BCUT2D eigenvalue weighted by Crippen LogP contribution is 2.36. The maximum absolute atomic E-state index is 13.1. The van der Waals surface area contributed by atoms with E-state index in [2.05, 4.69) is 20.8 Å². The number of amides is 4. The zero-order chi connectivity index (χ0) is 23.4. The highest BCUT2D eigenvalue weighted by Gasteiger charge is 2.53. The first-order valence-corrected chi connectivity index (χ1v) is 10.4. The van der Waals surface area contributed by atoms with Gasteiger partial charge in [0.05, 0.1) is 13.7 Å². The molecule has 2 N–H and O–H groups in total. The number of nitrogens with zero attached hydrogens (tertiary/aromatic N) is 3. The zero-order valence-electron chi connectivity index (χ0n) is 17.8. The lowest BCUT2D eigenvalue weighted by molar-refractivity contribution is -0.125. The van der Waals surface area contributed by atoms with Crippen molar-refractivity contribution in [2.75, 3.05) is 13.7 Å². The van der Waals surface area contributed by atoms with E-state index in [-0.39, 0.29) is 24.8 Å². The highest BCUT2D eigenvalue weighted by molar-refractivity contribution is 6.08. The van der Waals surface area contributed by atoms with Crippen LogP contribution in [0.3, 0.4) is 0 Å². The van der Waals surface area contributed by atoms with Crippen molar-refractivity contribution in [1.82, 2.24) is 25.7 Å². The molecule has 0 saturated carbocycles. The van der Waals surface area contributed by atoms with Gasteiger partial charge in [-0.3, -0.25) is 14.9 Å². The van der Waals surface area contributed by atoms with Crippen molar-refractivity contribution in [3.63, 3.8) is 0 Å². The first-order chi connectivity index (χ1) is 16.5. The van der Waals surface area contributed by atoms with Crippen LogP contribution in [-0.4, -0.2) is 46.6 Å². The second-order valence-electron chi connectivity index (χ2n) is 8.11. The van der Waals surface area contributed by atoms with Gasteiger partial charge in [-0.25, -0.2) is 4.79 Å². The van der Waals surface area contributed by atoms with E-state index in [9.17, 15) is 14.4 Å². The topological polar surface area (TPSA) is 140 Å². The van der Waals surface area contributed by atoms with E-state index in [0.717, 1.165) is 5.56 Å². The third-order valence-corrected chi connectivity index (χ3v) is 6.11. The average Bonchev–Trinajstić information content (AvgIpc) is 3.61. The minimum atomic E-state index is -1.59. The molecule has 170 valence electrons. The number of urea groups is 1. The monoisotopic (exact) mass is 459 g/mol. The minimum absolute atomic E-state index is 0.114. The van der Waals surface area contributed by atoms with Crippen LogP contribution < -0.4 is 15.4 Å². The van der Waals surface area contributed by atoms with E-state index in [0.29, 0.717) is 33.7 Å². The van der Waals surface area contributed by atoms with Crippen molar-refractivity contribution < 1.29 is 28.0 Å². The molecule has 2 aromatic heterocycles. The summed E-state index contributed by atoms with van der Waals surface area (Å²) in [7, 11) is 1.53. The van der Waals surface area contributed by atoms with Crippen LogP contribution in [0.5, 0.6) is 5.75 Å². The number of carbonyl (C=O) groups excluding carboxylic acids is 3. The molecule has 11 heteroatoms. The van der Waals surface area contributed by atoms with Crippen molar-refractivity contribution in [2.45, 2.75) is 12.1 Å². The van der Waals surface area contributed by atoms with Gasteiger partial charge < -0.3 is 23.8 Å². The SMILES string of the molecule is COc1ccc2c(c1)C(=O)N(CC1(c3cc4ccc(-c5nnco5)cc4o3)NC(=O)NC1=O)C2. The molecule has 2 aliphatic heterocycles. The molecular weight excluding hydrogens is 442 g/mol. The summed E-state index contributed by atoms with van der Waals surface area (Å²) in [4.78, 5) is 39.9. The Morgan fingerprint density at radius 2 is 2.03 bits per heavy atom. The Morgan fingerprint density at radius 1 is 1.15 bits per heavy atom. The van der Waals surface area contributed by atoms with Crippen LogP contribution in [0.1, 0.15) is 21.7 Å². The molecule has 0 spiro atoms. The Kier molecular flexibility index (Phi) is 4.21. The number of fused-ring (bicyclic) bond motifs is 2.